The van der Waals surface area contributed by atoms with Gasteiger partial charge in [0.1, 0.15) is 0 Å². The first kappa shape index (κ1) is 11.1. The standard InChI is InChI=1S/C10H12BrNO2S/c1-6-7(4-5-15-6)12-10(13)8-2-3-9(11)14-8/h2-3,6-7H,4-5H2,1H3,(H,12,13). The zero-order chi connectivity index (χ0) is 10.8. The van der Waals surface area contributed by atoms with Crippen molar-refractivity contribution in [3.05, 3.63) is 22.6 Å². The van der Waals surface area contributed by atoms with Crippen LogP contribution in [-0.4, -0.2) is 23.0 Å². The van der Waals surface area contributed by atoms with E-state index in [0.29, 0.717) is 15.7 Å². The molecule has 5 heteroatoms. The fourth-order valence-electron chi connectivity index (χ4n) is 1.60. The molecule has 1 N–H and O–H groups in total. The van der Waals surface area contributed by atoms with E-state index in [-0.39, 0.29) is 11.9 Å². The van der Waals surface area contributed by atoms with Crippen molar-refractivity contribution < 1.29 is 9.21 Å². The molecule has 3 nitrogen and oxygen atoms in total. The van der Waals surface area contributed by atoms with E-state index >= 15 is 0 Å². The summed E-state index contributed by atoms with van der Waals surface area (Å²) in [5.41, 5.74) is 0. The van der Waals surface area contributed by atoms with Gasteiger partial charge in [0.15, 0.2) is 10.4 Å². The molecule has 1 saturated heterocycles. The molecule has 0 radical (unpaired) electrons. The molecule has 82 valence electrons. The highest BCUT2D eigenvalue weighted by Gasteiger charge is 2.26. The predicted molar refractivity (Wildman–Crippen MR) is 64.2 cm³/mol. The lowest BCUT2D eigenvalue weighted by Crippen LogP contribution is -2.38. The summed E-state index contributed by atoms with van der Waals surface area (Å²) in [7, 11) is 0. The third-order valence-electron chi connectivity index (χ3n) is 2.49. The molecule has 1 amide bonds. The quantitative estimate of drug-likeness (QED) is 0.910. The first-order chi connectivity index (χ1) is 7.16. The average Bonchev–Trinajstić information content (AvgIpc) is 2.77. The van der Waals surface area contributed by atoms with Crippen LogP contribution in [0.25, 0.3) is 0 Å². The smallest absolute Gasteiger partial charge is 0.287 e. The molecule has 2 rings (SSSR count). The zero-order valence-electron chi connectivity index (χ0n) is 8.33. The maximum absolute atomic E-state index is 11.7. The van der Waals surface area contributed by atoms with Gasteiger partial charge in [-0.15, -0.1) is 0 Å². The van der Waals surface area contributed by atoms with Crippen molar-refractivity contribution in [2.45, 2.75) is 24.6 Å². The van der Waals surface area contributed by atoms with Crippen LogP contribution in [0.1, 0.15) is 23.9 Å². The Kier molecular flexibility index (Phi) is 3.41. The number of rotatable bonds is 2. The van der Waals surface area contributed by atoms with Crippen molar-refractivity contribution in [3.8, 4) is 0 Å². The molecule has 0 aliphatic carbocycles. The molecule has 2 heterocycles. The molecular formula is C10H12BrNO2S. The van der Waals surface area contributed by atoms with Crippen LogP contribution in [0, 0.1) is 0 Å². The number of carbonyl (C=O) groups is 1. The molecule has 0 saturated carbocycles. The largest absolute Gasteiger partial charge is 0.444 e. The van der Waals surface area contributed by atoms with Gasteiger partial charge in [-0.25, -0.2) is 0 Å². The Labute approximate surface area is 101 Å². The van der Waals surface area contributed by atoms with Crippen molar-refractivity contribution in [2.24, 2.45) is 0 Å². The summed E-state index contributed by atoms with van der Waals surface area (Å²) >= 11 is 5.07. The highest BCUT2D eigenvalue weighted by molar-refractivity contribution is 9.10. The first-order valence-electron chi connectivity index (χ1n) is 4.84. The van der Waals surface area contributed by atoms with Crippen molar-refractivity contribution in [2.75, 3.05) is 5.75 Å². The van der Waals surface area contributed by atoms with E-state index in [0.717, 1.165) is 12.2 Å². The van der Waals surface area contributed by atoms with E-state index in [9.17, 15) is 4.79 Å². The summed E-state index contributed by atoms with van der Waals surface area (Å²) in [5, 5.41) is 3.48. The van der Waals surface area contributed by atoms with Crippen LogP contribution in [0.2, 0.25) is 0 Å². The van der Waals surface area contributed by atoms with Gasteiger partial charge >= 0.3 is 0 Å². The fourth-order valence-corrected chi connectivity index (χ4v) is 3.10. The first-order valence-corrected chi connectivity index (χ1v) is 6.69. The normalized spacial score (nSPS) is 25.5. The third-order valence-corrected chi connectivity index (χ3v) is 4.24. The number of halogens is 1. The summed E-state index contributed by atoms with van der Waals surface area (Å²) in [5.74, 6) is 1.36. The van der Waals surface area contributed by atoms with E-state index in [1.807, 2.05) is 11.8 Å². The van der Waals surface area contributed by atoms with Gasteiger partial charge in [0.2, 0.25) is 0 Å². The lowest BCUT2D eigenvalue weighted by atomic mass is 10.1. The van der Waals surface area contributed by atoms with Crippen molar-refractivity contribution >= 4 is 33.6 Å². The lowest BCUT2D eigenvalue weighted by molar-refractivity contribution is 0.0908. The molecule has 2 atom stereocenters. The van der Waals surface area contributed by atoms with Crippen LogP contribution in [0.3, 0.4) is 0 Å². The highest BCUT2D eigenvalue weighted by Crippen LogP contribution is 2.26. The Morgan fingerprint density at radius 2 is 2.47 bits per heavy atom. The maximum Gasteiger partial charge on any atom is 0.287 e. The van der Waals surface area contributed by atoms with E-state index in [1.54, 1.807) is 12.1 Å². The maximum atomic E-state index is 11.7. The van der Waals surface area contributed by atoms with Gasteiger partial charge < -0.3 is 9.73 Å². The van der Waals surface area contributed by atoms with Crippen molar-refractivity contribution in [1.29, 1.82) is 0 Å². The van der Waals surface area contributed by atoms with E-state index in [1.165, 1.54) is 0 Å². The van der Waals surface area contributed by atoms with E-state index < -0.39 is 0 Å². The second-order valence-electron chi connectivity index (χ2n) is 3.55. The summed E-state index contributed by atoms with van der Waals surface area (Å²) in [6.45, 7) is 2.14. The van der Waals surface area contributed by atoms with Crippen LogP contribution in [-0.2, 0) is 0 Å². The fraction of sp³-hybridized carbons (Fsp3) is 0.500. The number of carbonyl (C=O) groups excluding carboxylic acids is 1. The molecule has 15 heavy (non-hydrogen) atoms. The minimum Gasteiger partial charge on any atom is -0.444 e. The molecule has 1 fully saturated rings. The second kappa shape index (κ2) is 4.61. The molecule has 0 aromatic carbocycles. The molecule has 2 unspecified atom stereocenters. The van der Waals surface area contributed by atoms with Gasteiger partial charge in [0, 0.05) is 11.3 Å². The summed E-state index contributed by atoms with van der Waals surface area (Å²) in [6.07, 6.45) is 1.04. The Morgan fingerprint density at radius 3 is 3.00 bits per heavy atom. The monoisotopic (exact) mass is 289 g/mol. The molecule has 1 aromatic heterocycles. The Bertz CT molecular complexity index is 366. The van der Waals surface area contributed by atoms with Crippen LogP contribution >= 0.6 is 27.7 Å². The van der Waals surface area contributed by atoms with Gasteiger partial charge in [-0.05, 0) is 40.2 Å². The number of thioether (sulfide) groups is 1. The van der Waals surface area contributed by atoms with Crippen LogP contribution < -0.4 is 5.32 Å². The zero-order valence-corrected chi connectivity index (χ0v) is 10.7. The summed E-state index contributed by atoms with van der Waals surface area (Å²) < 4.78 is 5.77. The molecule has 0 spiro atoms. The number of hydrogen-bond donors (Lipinski definition) is 1. The molecule has 1 aliphatic heterocycles. The average molecular weight is 290 g/mol. The summed E-state index contributed by atoms with van der Waals surface area (Å²) in [6, 6.07) is 3.67. The van der Waals surface area contributed by atoms with Crippen molar-refractivity contribution in [3.63, 3.8) is 0 Å². The number of hydrogen-bond acceptors (Lipinski definition) is 3. The van der Waals surface area contributed by atoms with Gasteiger partial charge in [-0.1, -0.05) is 6.92 Å². The van der Waals surface area contributed by atoms with Crippen LogP contribution in [0.4, 0.5) is 0 Å². The van der Waals surface area contributed by atoms with Gasteiger partial charge in [0.05, 0.1) is 0 Å². The van der Waals surface area contributed by atoms with Gasteiger partial charge in [-0.3, -0.25) is 4.79 Å². The number of nitrogens with one attached hydrogen (secondary N) is 1. The molecule has 1 aliphatic rings. The minimum absolute atomic E-state index is 0.125. The third kappa shape index (κ3) is 2.58. The molecule has 1 aromatic rings. The second-order valence-corrected chi connectivity index (χ2v) is 5.82. The van der Waals surface area contributed by atoms with Gasteiger partial charge in [0.25, 0.3) is 5.91 Å². The molecular weight excluding hydrogens is 278 g/mol. The Balaban J connectivity index is 1.97. The van der Waals surface area contributed by atoms with E-state index in [4.69, 9.17) is 4.42 Å². The van der Waals surface area contributed by atoms with E-state index in [2.05, 4.69) is 28.2 Å². The number of amides is 1. The Hall–Kier alpha value is -0.420. The van der Waals surface area contributed by atoms with Crippen LogP contribution in [0.5, 0.6) is 0 Å². The lowest BCUT2D eigenvalue weighted by Gasteiger charge is -2.15. The topological polar surface area (TPSA) is 42.2 Å². The Morgan fingerprint density at radius 1 is 1.67 bits per heavy atom. The predicted octanol–water partition coefficient (Wildman–Crippen LogP) is 2.67. The summed E-state index contributed by atoms with van der Waals surface area (Å²) in [4.78, 5) is 11.7. The molecule has 0 bridgehead atoms. The van der Waals surface area contributed by atoms with Gasteiger partial charge in [-0.2, -0.15) is 11.8 Å². The SMILES string of the molecule is CC1SCCC1NC(=O)c1ccc(Br)o1. The van der Waals surface area contributed by atoms with Crippen molar-refractivity contribution in [1.82, 2.24) is 5.32 Å². The highest BCUT2D eigenvalue weighted by atomic mass is 79.9. The van der Waals surface area contributed by atoms with Crippen LogP contribution in [0.15, 0.2) is 21.2 Å². The number of furan rings is 1. The minimum atomic E-state index is -0.125.